The average Bonchev–Trinajstić information content (AvgIpc) is 2.78. The van der Waals surface area contributed by atoms with E-state index in [1.54, 1.807) is 38.1 Å². The smallest absolute Gasteiger partial charge is 0.408 e. The summed E-state index contributed by atoms with van der Waals surface area (Å²) in [4.78, 5) is 60.2. The van der Waals surface area contributed by atoms with Gasteiger partial charge in [-0.15, -0.1) is 0 Å². The molecule has 0 saturated heterocycles. The minimum absolute atomic E-state index is 0.0335. The molecule has 5 amide bonds. The molecular formula is C22H33N5O7. The molecule has 4 atom stereocenters. The normalized spacial score (nSPS) is 14.2. The van der Waals surface area contributed by atoms with Crippen LogP contribution < -0.4 is 27.0 Å². The lowest BCUT2D eigenvalue weighted by Gasteiger charge is -2.26. The maximum atomic E-state index is 12.7. The molecule has 0 spiro atoms. The Bertz CT molecular complexity index is 860. The Balaban J connectivity index is 2.68. The number of alkyl carbamates (subject to hydrolysis) is 1. The fraction of sp³-hybridized carbons (Fsp3) is 0.500. The summed E-state index contributed by atoms with van der Waals surface area (Å²) in [5.74, 6) is -3.24. The van der Waals surface area contributed by atoms with Gasteiger partial charge in [0.2, 0.25) is 23.6 Å². The molecular weight excluding hydrogens is 446 g/mol. The van der Waals surface area contributed by atoms with Crippen LogP contribution in [0.4, 0.5) is 4.79 Å². The minimum atomic E-state index is -1.39. The van der Waals surface area contributed by atoms with Crippen LogP contribution in [0.1, 0.15) is 33.3 Å². The Morgan fingerprint density at radius 3 is 2.06 bits per heavy atom. The summed E-state index contributed by atoms with van der Waals surface area (Å²) < 4.78 is 5.07. The first-order chi connectivity index (χ1) is 15.9. The first kappa shape index (κ1) is 28.4. The summed E-state index contributed by atoms with van der Waals surface area (Å²) in [6, 6.07) is 5.51. The summed E-state index contributed by atoms with van der Waals surface area (Å²) in [6.07, 6.45) is -2.21. The van der Waals surface area contributed by atoms with Crippen molar-refractivity contribution >= 4 is 29.7 Å². The zero-order chi connectivity index (χ0) is 25.8. The molecule has 0 heterocycles. The molecule has 0 aromatic heterocycles. The molecule has 1 aromatic rings. The highest BCUT2D eigenvalue weighted by Gasteiger charge is 2.31. The molecule has 0 aliphatic rings. The van der Waals surface area contributed by atoms with Crippen LogP contribution in [0, 0.1) is 5.92 Å². The second kappa shape index (κ2) is 13.8. The van der Waals surface area contributed by atoms with Gasteiger partial charge in [0.15, 0.2) is 0 Å². The van der Waals surface area contributed by atoms with Gasteiger partial charge >= 0.3 is 6.09 Å². The molecule has 1 rings (SSSR count). The largest absolute Gasteiger partial charge is 0.445 e. The van der Waals surface area contributed by atoms with Gasteiger partial charge in [-0.05, 0) is 25.3 Å². The van der Waals surface area contributed by atoms with Crippen molar-refractivity contribution in [2.24, 2.45) is 11.7 Å². The van der Waals surface area contributed by atoms with Gasteiger partial charge in [0.1, 0.15) is 24.7 Å². The summed E-state index contributed by atoms with van der Waals surface area (Å²) in [5.41, 5.74) is 5.81. The third-order valence-electron chi connectivity index (χ3n) is 4.73. The fourth-order valence-corrected chi connectivity index (χ4v) is 2.72. The van der Waals surface area contributed by atoms with Crippen molar-refractivity contribution in [2.75, 3.05) is 6.54 Å². The van der Waals surface area contributed by atoms with Crippen LogP contribution in [0.15, 0.2) is 30.3 Å². The second-order valence-electron chi connectivity index (χ2n) is 8.06. The molecule has 7 N–H and O–H groups in total. The molecule has 0 aliphatic carbocycles. The molecule has 0 radical (unpaired) electrons. The highest BCUT2D eigenvalue weighted by Crippen LogP contribution is 2.05. The fourth-order valence-electron chi connectivity index (χ4n) is 2.72. The van der Waals surface area contributed by atoms with Gasteiger partial charge in [-0.2, -0.15) is 0 Å². The van der Waals surface area contributed by atoms with E-state index >= 15 is 0 Å². The standard InChI is InChI=1S/C22H33N5O7/c1-12(2)17(20(31)24-10-16(29)25-13(3)19(23)30)26-21(32)18(14(4)28)27-22(33)34-11-15-8-6-5-7-9-15/h5-9,12-14,17-18,28H,10-11H2,1-4H3,(H2,23,30)(H,24,31)(H,25,29)(H,26,32)(H,27,33). The number of benzene rings is 1. The van der Waals surface area contributed by atoms with Crippen LogP contribution >= 0.6 is 0 Å². The number of amides is 5. The van der Waals surface area contributed by atoms with Crippen molar-refractivity contribution in [1.82, 2.24) is 21.3 Å². The van der Waals surface area contributed by atoms with E-state index in [0.717, 1.165) is 5.56 Å². The predicted molar refractivity (Wildman–Crippen MR) is 122 cm³/mol. The highest BCUT2D eigenvalue weighted by molar-refractivity contribution is 5.94. The summed E-state index contributed by atoms with van der Waals surface area (Å²) in [5, 5.41) is 19.4. The third kappa shape index (κ3) is 9.86. The van der Waals surface area contributed by atoms with Crippen molar-refractivity contribution in [2.45, 2.75) is 58.5 Å². The van der Waals surface area contributed by atoms with E-state index in [2.05, 4.69) is 21.3 Å². The van der Waals surface area contributed by atoms with Crippen molar-refractivity contribution in [3.05, 3.63) is 35.9 Å². The lowest BCUT2D eigenvalue weighted by Crippen LogP contribution is -2.59. The van der Waals surface area contributed by atoms with Gasteiger partial charge in [-0.1, -0.05) is 44.2 Å². The number of hydrogen-bond acceptors (Lipinski definition) is 7. The number of nitrogens with one attached hydrogen (secondary N) is 4. The Morgan fingerprint density at radius 1 is 0.912 bits per heavy atom. The van der Waals surface area contributed by atoms with Crippen LogP contribution in [0.25, 0.3) is 0 Å². The molecule has 188 valence electrons. The molecule has 0 saturated carbocycles. The molecule has 4 unspecified atom stereocenters. The number of aliphatic hydroxyl groups excluding tert-OH is 1. The maximum Gasteiger partial charge on any atom is 0.408 e. The van der Waals surface area contributed by atoms with Crippen LogP contribution in [-0.2, 0) is 30.5 Å². The Labute approximate surface area is 198 Å². The molecule has 12 heteroatoms. The number of nitrogens with two attached hydrogens (primary N) is 1. The van der Waals surface area contributed by atoms with Crippen molar-refractivity contribution in [3.63, 3.8) is 0 Å². The summed E-state index contributed by atoms with van der Waals surface area (Å²) >= 11 is 0. The molecule has 1 aromatic carbocycles. The molecule has 0 bridgehead atoms. The maximum absolute atomic E-state index is 12.7. The molecule has 34 heavy (non-hydrogen) atoms. The first-order valence-corrected chi connectivity index (χ1v) is 10.7. The van der Waals surface area contributed by atoms with Crippen molar-refractivity contribution < 1.29 is 33.8 Å². The summed E-state index contributed by atoms with van der Waals surface area (Å²) in [6.45, 7) is 5.55. The van der Waals surface area contributed by atoms with Crippen molar-refractivity contribution in [1.29, 1.82) is 0 Å². The number of primary amides is 1. The quantitative estimate of drug-likeness (QED) is 0.219. The van der Waals surface area contributed by atoms with Crippen LogP contribution in [0.2, 0.25) is 0 Å². The Morgan fingerprint density at radius 2 is 1.53 bits per heavy atom. The van der Waals surface area contributed by atoms with Crippen LogP contribution in [0.5, 0.6) is 0 Å². The second-order valence-corrected chi connectivity index (χ2v) is 8.06. The van der Waals surface area contributed by atoms with E-state index in [1.807, 2.05) is 6.07 Å². The van der Waals surface area contributed by atoms with E-state index in [1.165, 1.54) is 13.8 Å². The minimum Gasteiger partial charge on any atom is -0.445 e. The number of hydrogen-bond donors (Lipinski definition) is 6. The number of aliphatic hydroxyl groups is 1. The van der Waals surface area contributed by atoms with E-state index < -0.39 is 66.4 Å². The number of carbonyl (C=O) groups is 5. The Hall–Kier alpha value is -3.67. The summed E-state index contributed by atoms with van der Waals surface area (Å²) in [7, 11) is 0. The van der Waals surface area contributed by atoms with Crippen LogP contribution in [-0.4, -0.2) is 65.6 Å². The number of carbonyl (C=O) groups excluding carboxylic acids is 5. The number of rotatable bonds is 12. The van der Waals surface area contributed by atoms with Gasteiger partial charge < -0.3 is 36.8 Å². The Kier molecular flexibility index (Phi) is 11.5. The molecule has 12 nitrogen and oxygen atoms in total. The SMILES string of the molecule is CC(NC(=O)CNC(=O)C(NC(=O)C(NC(=O)OCc1ccccc1)C(C)O)C(C)C)C(N)=O. The van der Waals surface area contributed by atoms with E-state index in [0.29, 0.717) is 0 Å². The number of ether oxygens (including phenoxy) is 1. The van der Waals surface area contributed by atoms with E-state index in [4.69, 9.17) is 10.5 Å². The van der Waals surface area contributed by atoms with E-state index in [-0.39, 0.29) is 6.61 Å². The molecule has 0 aliphatic heterocycles. The van der Waals surface area contributed by atoms with Gasteiger partial charge in [-0.3, -0.25) is 19.2 Å². The zero-order valence-corrected chi connectivity index (χ0v) is 19.7. The van der Waals surface area contributed by atoms with Gasteiger partial charge in [0.05, 0.1) is 12.6 Å². The third-order valence-corrected chi connectivity index (χ3v) is 4.73. The molecule has 0 fully saturated rings. The van der Waals surface area contributed by atoms with Crippen LogP contribution in [0.3, 0.4) is 0 Å². The van der Waals surface area contributed by atoms with Crippen molar-refractivity contribution in [3.8, 4) is 0 Å². The lowest BCUT2D eigenvalue weighted by molar-refractivity contribution is -0.133. The topological polar surface area (TPSA) is 189 Å². The predicted octanol–water partition coefficient (Wildman–Crippen LogP) is -1.09. The van der Waals surface area contributed by atoms with Gasteiger partial charge in [-0.25, -0.2) is 4.79 Å². The highest BCUT2D eigenvalue weighted by atomic mass is 16.5. The average molecular weight is 480 g/mol. The first-order valence-electron chi connectivity index (χ1n) is 10.7. The zero-order valence-electron chi connectivity index (χ0n) is 19.7. The van der Waals surface area contributed by atoms with E-state index in [9.17, 15) is 29.1 Å². The monoisotopic (exact) mass is 479 g/mol. The lowest BCUT2D eigenvalue weighted by atomic mass is 10.0. The van der Waals surface area contributed by atoms with Gasteiger partial charge in [0, 0.05) is 0 Å². The van der Waals surface area contributed by atoms with Gasteiger partial charge in [0.25, 0.3) is 0 Å².